The van der Waals surface area contributed by atoms with Crippen molar-refractivity contribution in [3.8, 4) is 6.07 Å². The summed E-state index contributed by atoms with van der Waals surface area (Å²) in [7, 11) is 0. The van der Waals surface area contributed by atoms with E-state index in [1.165, 1.54) is 36.7 Å². The number of hydrogen-bond acceptors (Lipinski definition) is 3. The van der Waals surface area contributed by atoms with E-state index in [4.69, 9.17) is 0 Å². The van der Waals surface area contributed by atoms with Crippen LogP contribution in [0.2, 0.25) is 0 Å². The van der Waals surface area contributed by atoms with Crippen LogP contribution < -0.4 is 0 Å². The smallest absolute Gasteiger partial charge is 0.339 e. The molecule has 0 bridgehead atoms. The molecule has 4 rings (SSSR count). The molecule has 1 unspecified atom stereocenters. The molecule has 1 aromatic carbocycles. The summed E-state index contributed by atoms with van der Waals surface area (Å²) in [6.07, 6.45) is 3.52. The van der Waals surface area contributed by atoms with E-state index in [2.05, 4.69) is 11.1 Å². The first-order valence-corrected chi connectivity index (χ1v) is 10.1. The standard InChI is InChI=1S/C22H22F4N4/c1-14(22(24,25)26)29-11-5-10-28-21(29)20-18(13-27)17-9-8-15(23)12-19(17)30(20)16-6-3-2-4-7-16/h5,8-12,14,16,21H,2-4,6-7H2,1H3/t14-,21?/m0/s1. The fourth-order valence-electron chi connectivity index (χ4n) is 4.56. The number of fused-ring (bicyclic) bond motifs is 1. The number of rotatable bonds is 3. The predicted molar refractivity (Wildman–Crippen MR) is 106 cm³/mol. The topological polar surface area (TPSA) is 44.3 Å². The molecule has 0 N–H and O–H groups in total. The SMILES string of the molecule is C[C@H](N1C=CC=NC1c1c(C#N)c2ccc(F)cc2n1C1CCCCC1)C(F)(F)F. The summed E-state index contributed by atoms with van der Waals surface area (Å²) in [6.45, 7) is 1.08. The normalized spacial score (nSPS) is 21.2. The molecule has 2 aromatic rings. The molecule has 4 nitrogen and oxygen atoms in total. The van der Waals surface area contributed by atoms with Crippen molar-refractivity contribution in [3.05, 3.63) is 47.5 Å². The van der Waals surface area contributed by atoms with Crippen molar-refractivity contribution in [2.24, 2.45) is 4.99 Å². The lowest BCUT2D eigenvalue weighted by molar-refractivity contribution is -0.177. The average Bonchev–Trinajstić information content (AvgIpc) is 3.06. The Balaban J connectivity index is 1.96. The first-order valence-electron chi connectivity index (χ1n) is 10.1. The van der Waals surface area contributed by atoms with E-state index < -0.39 is 24.2 Å². The second-order valence-electron chi connectivity index (χ2n) is 7.87. The molecule has 1 saturated carbocycles. The number of nitriles is 1. The zero-order valence-electron chi connectivity index (χ0n) is 16.5. The van der Waals surface area contributed by atoms with Crippen molar-refractivity contribution in [1.29, 1.82) is 5.26 Å². The molecule has 1 aliphatic heterocycles. The summed E-state index contributed by atoms with van der Waals surface area (Å²) in [5.74, 6) is -0.444. The number of alkyl halides is 3. The number of halogens is 4. The highest BCUT2D eigenvalue weighted by Gasteiger charge is 2.44. The molecule has 8 heteroatoms. The van der Waals surface area contributed by atoms with Gasteiger partial charge < -0.3 is 9.47 Å². The Morgan fingerprint density at radius 3 is 2.60 bits per heavy atom. The monoisotopic (exact) mass is 418 g/mol. The van der Waals surface area contributed by atoms with Crippen molar-refractivity contribution in [2.75, 3.05) is 0 Å². The summed E-state index contributed by atoms with van der Waals surface area (Å²) in [5.41, 5.74) is 1.20. The largest absolute Gasteiger partial charge is 0.408 e. The van der Waals surface area contributed by atoms with E-state index >= 15 is 0 Å². The Bertz CT molecular complexity index is 1040. The number of allylic oxidation sites excluding steroid dienone is 1. The number of aromatic nitrogens is 1. The van der Waals surface area contributed by atoms with Gasteiger partial charge in [-0.1, -0.05) is 19.3 Å². The van der Waals surface area contributed by atoms with Gasteiger partial charge in [-0.05, 0) is 44.0 Å². The maximum absolute atomic E-state index is 14.1. The molecular formula is C22H22F4N4. The average molecular weight is 418 g/mol. The van der Waals surface area contributed by atoms with E-state index in [-0.39, 0.29) is 11.6 Å². The van der Waals surface area contributed by atoms with Crippen LogP contribution in [0.15, 0.2) is 35.5 Å². The van der Waals surface area contributed by atoms with Crippen molar-refractivity contribution >= 4 is 17.1 Å². The molecule has 0 radical (unpaired) electrons. The van der Waals surface area contributed by atoms with Crippen LogP contribution in [0.3, 0.4) is 0 Å². The summed E-state index contributed by atoms with van der Waals surface area (Å²) in [6, 6.07) is 4.54. The van der Waals surface area contributed by atoms with Gasteiger partial charge in [0.1, 0.15) is 17.9 Å². The molecule has 1 aromatic heterocycles. The molecule has 1 aliphatic carbocycles. The third-order valence-corrected chi connectivity index (χ3v) is 6.08. The van der Waals surface area contributed by atoms with Crippen LogP contribution in [0.25, 0.3) is 10.9 Å². The van der Waals surface area contributed by atoms with Gasteiger partial charge in [0, 0.05) is 23.8 Å². The second kappa shape index (κ2) is 7.78. The van der Waals surface area contributed by atoms with E-state index in [1.807, 2.05) is 4.57 Å². The minimum atomic E-state index is -4.46. The first-order chi connectivity index (χ1) is 14.3. The van der Waals surface area contributed by atoms with Crippen LogP contribution in [0.1, 0.15) is 62.5 Å². The Kier molecular flexibility index (Phi) is 5.31. The van der Waals surface area contributed by atoms with Crippen LogP contribution in [0, 0.1) is 17.1 Å². The Labute approximate surface area is 172 Å². The van der Waals surface area contributed by atoms with Gasteiger partial charge in [-0.25, -0.2) is 4.39 Å². The van der Waals surface area contributed by atoms with E-state index in [1.54, 1.807) is 0 Å². The third kappa shape index (κ3) is 3.47. The lowest BCUT2D eigenvalue weighted by atomic mass is 9.94. The van der Waals surface area contributed by atoms with Gasteiger partial charge in [0.25, 0.3) is 0 Å². The maximum Gasteiger partial charge on any atom is 0.408 e. The Hall–Kier alpha value is -2.82. The minimum Gasteiger partial charge on any atom is -0.339 e. The molecule has 2 aliphatic rings. The van der Waals surface area contributed by atoms with Gasteiger partial charge in [0.15, 0.2) is 6.17 Å². The van der Waals surface area contributed by atoms with Crippen molar-refractivity contribution in [3.63, 3.8) is 0 Å². The van der Waals surface area contributed by atoms with Crippen LogP contribution in [-0.2, 0) is 0 Å². The summed E-state index contributed by atoms with van der Waals surface area (Å²) in [5, 5.41) is 10.5. The lowest BCUT2D eigenvalue weighted by Gasteiger charge is -2.37. The molecule has 0 spiro atoms. The fraction of sp³-hybridized carbons (Fsp3) is 0.455. The molecule has 0 amide bonds. The number of aliphatic imine (C=N–C) groups is 1. The van der Waals surface area contributed by atoms with Gasteiger partial charge >= 0.3 is 6.18 Å². The Morgan fingerprint density at radius 1 is 1.20 bits per heavy atom. The van der Waals surface area contributed by atoms with E-state index in [0.29, 0.717) is 16.6 Å². The van der Waals surface area contributed by atoms with Crippen molar-refractivity contribution in [2.45, 2.75) is 63.5 Å². The third-order valence-electron chi connectivity index (χ3n) is 6.08. The van der Waals surface area contributed by atoms with Crippen LogP contribution in [0.4, 0.5) is 17.6 Å². The molecular weight excluding hydrogens is 396 g/mol. The quantitative estimate of drug-likeness (QED) is 0.573. The minimum absolute atomic E-state index is 0.00991. The van der Waals surface area contributed by atoms with E-state index in [0.717, 1.165) is 43.9 Å². The van der Waals surface area contributed by atoms with Gasteiger partial charge in [-0.2, -0.15) is 18.4 Å². The molecule has 30 heavy (non-hydrogen) atoms. The fourth-order valence-corrected chi connectivity index (χ4v) is 4.56. The molecule has 158 valence electrons. The summed E-state index contributed by atoms with van der Waals surface area (Å²) in [4.78, 5) is 5.48. The van der Waals surface area contributed by atoms with Crippen molar-refractivity contribution in [1.82, 2.24) is 9.47 Å². The molecule has 2 atom stereocenters. The lowest BCUT2D eigenvalue weighted by Crippen LogP contribution is -2.43. The number of benzene rings is 1. The first kappa shape index (κ1) is 20.5. The van der Waals surface area contributed by atoms with Gasteiger partial charge in [0.05, 0.1) is 16.8 Å². The highest BCUT2D eigenvalue weighted by Crippen LogP contribution is 2.42. The highest BCUT2D eigenvalue weighted by atomic mass is 19.4. The Morgan fingerprint density at radius 2 is 1.93 bits per heavy atom. The molecule has 2 heterocycles. The van der Waals surface area contributed by atoms with Gasteiger partial charge in [-0.15, -0.1) is 0 Å². The van der Waals surface area contributed by atoms with Crippen molar-refractivity contribution < 1.29 is 17.6 Å². The van der Waals surface area contributed by atoms with Crippen LogP contribution in [0.5, 0.6) is 0 Å². The van der Waals surface area contributed by atoms with Gasteiger partial charge in [0.2, 0.25) is 0 Å². The number of hydrogen-bond donors (Lipinski definition) is 0. The maximum atomic E-state index is 14.1. The van der Waals surface area contributed by atoms with Crippen LogP contribution in [-0.4, -0.2) is 27.9 Å². The van der Waals surface area contributed by atoms with Crippen LogP contribution >= 0.6 is 0 Å². The highest BCUT2D eigenvalue weighted by molar-refractivity contribution is 5.89. The van der Waals surface area contributed by atoms with E-state index in [9.17, 15) is 22.8 Å². The zero-order valence-corrected chi connectivity index (χ0v) is 16.5. The predicted octanol–water partition coefficient (Wildman–Crippen LogP) is 6.01. The summed E-state index contributed by atoms with van der Waals surface area (Å²) < 4.78 is 56.7. The van der Waals surface area contributed by atoms with Gasteiger partial charge in [-0.3, -0.25) is 4.99 Å². The molecule has 1 fully saturated rings. The number of nitrogens with zero attached hydrogens (tertiary/aromatic N) is 4. The summed E-state index contributed by atoms with van der Waals surface area (Å²) >= 11 is 0. The molecule has 0 saturated heterocycles. The zero-order chi connectivity index (χ0) is 21.5. The second-order valence-corrected chi connectivity index (χ2v) is 7.87.